The normalized spacial score (nSPS) is 13.5. The van der Waals surface area contributed by atoms with Crippen molar-refractivity contribution < 1.29 is 24.9 Å². The summed E-state index contributed by atoms with van der Waals surface area (Å²) in [6.45, 7) is 0.283. The average molecular weight is 263 g/mol. The predicted octanol–water partition coefficient (Wildman–Crippen LogP) is -1.78. The molecule has 0 aliphatic carbocycles. The molecule has 18 heavy (non-hydrogen) atoms. The van der Waals surface area contributed by atoms with Crippen molar-refractivity contribution in [2.45, 2.75) is 38.1 Å². The first-order valence-electron chi connectivity index (χ1n) is 5.81. The van der Waals surface area contributed by atoms with Crippen LogP contribution in [0.2, 0.25) is 0 Å². The predicted molar refractivity (Wildman–Crippen MR) is 63.3 cm³/mol. The van der Waals surface area contributed by atoms with Crippen LogP contribution < -0.4 is 16.0 Å². The van der Waals surface area contributed by atoms with E-state index in [9.17, 15) is 14.7 Å². The lowest BCUT2D eigenvalue weighted by Gasteiger charge is -2.16. The van der Waals surface area contributed by atoms with Crippen LogP contribution in [0.4, 0.5) is 4.79 Å². The molecule has 0 saturated carbocycles. The van der Waals surface area contributed by atoms with Crippen molar-refractivity contribution in [2.24, 2.45) is 0 Å². The Morgan fingerprint density at radius 1 is 1.11 bits per heavy atom. The van der Waals surface area contributed by atoms with Crippen molar-refractivity contribution >= 4 is 12.4 Å². The summed E-state index contributed by atoms with van der Waals surface area (Å²) in [6, 6.07) is -0.700. The number of rotatable bonds is 10. The summed E-state index contributed by atoms with van der Waals surface area (Å²) in [5.74, 6) is 0. The maximum atomic E-state index is 11.2. The van der Waals surface area contributed by atoms with Gasteiger partial charge in [0.25, 0.3) is 0 Å². The van der Waals surface area contributed by atoms with E-state index in [2.05, 4.69) is 16.0 Å². The molecule has 0 radical (unpaired) electrons. The Morgan fingerprint density at radius 2 is 1.72 bits per heavy atom. The van der Waals surface area contributed by atoms with Crippen LogP contribution in [0.1, 0.15) is 25.7 Å². The smallest absolute Gasteiger partial charge is 0.318 e. The molecule has 0 heterocycles. The molecule has 0 aliphatic heterocycles. The molecule has 0 aromatic rings. The van der Waals surface area contributed by atoms with E-state index in [0.29, 0.717) is 32.2 Å². The summed E-state index contributed by atoms with van der Waals surface area (Å²) in [5, 5.41) is 34.0. The number of aliphatic hydroxyl groups excluding tert-OH is 3. The second-order valence-electron chi connectivity index (χ2n) is 3.73. The zero-order valence-corrected chi connectivity index (χ0v) is 10.1. The molecule has 0 rings (SSSR count). The van der Waals surface area contributed by atoms with E-state index in [1.807, 2.05) is 0 Å². The second-order valence-corrected chi connectivity index (χ2v) is 3.73. The van der Waals surface area contributed by atoms with Crippen LogP contribution in [-0.2, 0) is 4.79 Å². The number of nitrogens with one attached hydrogen (secondary N) is 3. The Kier molecular flexibility index (Phi) is 9.93. The van der Waals surface area contributed by atoms with Crippen LogP contribution in [0.5, 0.6) is 0 Å². The van der Waals surface area contributed by atoms with Crippen LogP contribution in [-0.4, -0.2) is 53.4 Å². The molecular formula is C10H21N3O5. The van der Waals surface area contributed by atoms with Crippen molar-refractivity contribution in [3.8, 4) is 0 Å². The van der Waals surface area contributed by atoms with Gasteiger partial charge in [-0.3, -0.25) is 4.79 Å². The minimum atomic E-state index is -1.14. The van der Waals surface area contributed by atoms with Gasteiger partial charge in [0.1, 0.15) is 12.5 Å². The van der Waals surface area contributed by atoms with Crippen LogP contribution >= 0.6 is 0 Å². The molecule has 8 nitrogen and oxygen atoms in total. The zero-order valence-electron chi connectivity index (χ0n) is 10.1. The molecular weight excluding hydrogens is 242 g/mol. The van der Waals surface area contributed by atoms with E-state index in [-0.39, 0.29) is 13.0 Å². The monoisotopic (exact) mass is 263 g/mol. The van der Waals surface area contributed by atoms with E-state index in [4.69, 9.17) is 10.2 Å². The Bertz CT molecular complexity index is 240. The third kappa shape index (κ3) is 9.82. The standard InChI is InChI=1S/C10H21N3O5/c14-6-4-9(17)13-10(18)12-8(16)3-1-2-5-11-7-15/h7-9,14,16-17H,1-6H2,(H,11,15)(H2,12,13,18)/t8?,9-/m1/s1. The topological polar surface area (TPSA) is 131 Å². The van der Waals surface area contributed by atoms with Gasteiger partial charge in [0, 0.05) is 19.6 Å². The van der Waals surface area contributed by atoms with Gasteiger partial charge in [-0.05, 0) is 19.3 Å². The summed E-state index contributed by atoms with van der Waals surface area (Å²) in [6.07, 6.45) is 0.171. The van der Waals surface area contributed by atoms with Gasteiger partial charge in [-0.25, -0.2) is 4.79 Å². The number of amides is 3. The highest BCUT2D eigenvalue weighted by molar-refractivity contribution is 5.74. The molecule has 0 bridgehead atoms. The third-order valence-electron chi connectivity index (χ3n) is 2.13. The maximum absolute atomic E-state index is 11.2. The van der Waals surface area contributed by atoms with Gasteiger partial charge in [0.2, 0.25) is 6.41 Å². The number of aliphatic hydroxyl groups is 3. The van der Waals surface area contributed by atoms with E-state index in [1.165, 1.54) is 0 Å². The molecule has 6 N–H and O–H groups in total. The molecule has 0 aromatic heterocycles. The number of hydrogen-bond donors (Lipinski definition) is 6. The first-order valence-corrected chi connectivity index (χ1v) is 5.81. The minimum absolute atomic E-state index is 0.0287. The van der Waals surface area contributed by atoms with Crippen molar-refractivity contribution in [1.82, 2.24) is 16.0 Å². The highest BCUT2D eigenvalue weighted by atomic mass is 16.3. The average Bonchev–Trinajstić information content (AvgIpc) is 2.28. The molecule has 8 heteroatoms. The van der Waals surface area contributed by atoms with Crippen molar-refractivity contribution in [3.05, 3.63) is 0 Å². The summed E-state index contributed by atoms with van der Waals surface area (Å²) in [7, 11) is 0. The van der Waals surface area contributed by atoms with Gasteiger partial charge < -0.3 is 31.3 Å². The molecule has 1 unspecified atom stereocenters. The Hall–Kier alpha value is -1.38. The second kappa shape index (κ2) is 10.8. The SMILES string of the molecule is O=CNCCCCC(O)NC(=O)N[C@H](O)CCO. The third-order valence-corrected chi connectivity index (χ3v) is 2.13. The van der Waals surface area contributed by atoms with Gasteiger partial charge >= 0.3 is 6.03 Å². The fourth-order valence-corrected chi connectivity index (χ4v) is 1.23. The largest absolute Gasteiger partial charge is 0.396 e. The van der Waals surface area contributed by atoms with Crippen LogP contribution in [0, 0.1) is 0 Å². The molecule has 106 valence electrons. The van der Waals surface area contributed by atoms with E-state index in [1.54, 1.807) is 0 Å². The first kappa shape index (κ1) is 16.6. The number of unbranched alkanes of at least 4 members (excludes halogenated alkanes) is 1. The number of hydrogen-bond acceptors (Lipinski definition) is 5. The quantitative estimate of drug-likeness (QED) is 0.158. The van der Waals surface area contributed by atoms with Gasteiger partial charge in [-0.2, -0.15) is 0 Å². The van der Waals surface area contributed by atoms with Gasteiger partial charge in [0.05, 0.1) is 0 Å². The Balaban J connectivity index is 3.57. The van der Waals surface area contributed by atoms with Gasteiger partial charge in [-0.15, -0.1) is 0 Å². The van der Waals surface area contributed by atoms with Gasteiger partial charge in [0.15, 0.2) is 0 Å². The van der Waals surface area contributed by atoms with Crippen molar-refractivity contribution in [2.75, 3.05) is 13.2 Å². The number of carbonyl (C=O) groups is 2. The zero-order chi connectivity index (χ0) is 13.8. The number of urea groups is 1. The van der Waals surface area contributed by atoms with Crippen LogP contribution in [0.15, 0.2) is 0 Å². The Morgan fingerprint density at radius 3 is 2.28 bits per heavy atom. The summed E-state index contributed by atoms with van der Waals surface area (Å²) in [5.41, 5.74) is 0. The van der Waals surface area contributed by atoms with E-state index >= 15 is 0 Å². The lowest BCUT2D eigenvalue weighted by Crippen LogP contribution is -2.46. The van der Waals surface area contributed by atoms with Crippen molar-refractivity contribution in [1.29, 1.82) is 0 Å². The van der Waals surface area contributed by atoms with E-state index < -0.39 is 18.5 Å². The summed E-state index contributed by atoms with van der Waals surface area (Å²) in [4.78, 5) is 21.1. The minimum Gasteiger partial charge on any atom is -0.396 e. The number of carbonyl (C=O) groups excluding carboxylic acids is 2. The summed E-state index contributed by atoms with van der Waals surface area (Å²) < 4.78 is 0. The molecule has 0 saturated heterocycles. The maximum Gasteiger partial charge on any atom is 0.318 e. The van der Waals surface area contributed by atoms with Crippen LogP contribution in [0.3, 0.4) is 0 Å². The summed E-state index contributed by atoms with van der Waals surface area (Å²) >= 11 is 0. The molecule has 0 aromatic carbocycles. The van der Waals surface area contributed by atoms with Crippen molar-refractivity contribution in [3.63, 3.8) is 0 Å². The van der Waals surface area contributed by atoms with Gasteiger partial charge in [-0.1, -0.05) is 0 Å². The highest BCUT2D eigenvalue weighted by Gasteiger charge is 2.11. The van der Waals surface area contributed by atoms with E-state index in [0.717, 1.165) is 0 Å². The fourth-order valence-electron chi connectivity index (χ4n) is 1.23. The van der Waals surface area contributed by atoms with Crippen LogP contribution in [0.25, 0.3) is 0 Å². The fraction of sp³-hybridized carbons (Fsp3) is 0.800. The Labute approximate surface area is 105 Å². The molecule has 3 amide bonds. The molecule has 2 atom stereocenters. The first-order chi connectivity index (χ1) is 8.60. The molecule has 0 fully saturated rings. The lowest BCUT2D eigenvalue weighted by atomic mass is 10.2. The highest BCUT2D eigenvalue weighted by Crippen LogP contribution is 1.97. The molecule has 0 aliphatic rings. The molecule has 0 spiro atoms. The lowest BCUT2D eigenvalue weighted by molar-refractivity contribution is -0.109.